The van der Waals surface area contributed by atoms with E-state index in [1.165, 1.54) is 25.7 Å². The van der Waals surface area contributed by atoms with Crippen LogP contribution < -0.4 is 5.32 Å². The normalized spacial score (nSPS) is 19.9. The SMILES string of the molecule is CCNCc1ccnc(C2CCC(C)(C)CC2)n1. The van der Waals surface area contributed by atoms with Crippen LogP contribution in [0.25, 0.3) is 0 Å². The zero-order chi connectivity index (χ0) is 13.0. The van der Waals surface area contributed by atoms with E-state index in [0.29, 0.717) is 11.3 Å². The van der Waals surface area contributed by atoms with E-state index in [9.17, 15) is 0 Å². The van der Waals surface area contributed by atoms with E-state index in [-0.39, 0.29) is 0 Å². The molecule has 1 fully saturated rings. The summed E-state index contributed by atoms with van der Waals surface area (Å²) in [6.45, 7) is 8.68. The Hall–Kier alpha value is -0.960. The second-order valence-electron chi connectivity index (χ2n) is 6.12. The third-order valence-electron chi connectivity index (χ3n) is 3.99. The molecule has 0 aromatic carbocycles. The van der Waals surface area contributed by atoms with Crippen molar-refractivity contribution in [3.63, 3.8) is 0 Å². The number of nitrogens with one attached hydrogen (secondary N) is 1. The predicted molar refractivity (Wildman–Crippen MR) is 74.4 cm³/mol. The van der Waals surface area contributed by atoms with Crippen molar-refractivity contribution < 1.29 is 0 Å². The van der Waals surface area contributed by atoms with Gasteiger partial charge in [0.25, 0.3) is 0 Å². The van der Waals surface area contributed by atoms with Crippen molar-refractivity contribution in [2.24, 2.45) is 5.41 Å². The summed E-state index contributed by atoms with van der Waals surface area (Å²) >= 11 is 0. The van der Waals surface area contributed by atoms with E-state index in [4.69, 9.17) is 4.98 Å². The van der Waals surface area contributed by atoms with Crippen molar-refractivity contribution in [1.29, 1.82) is 0 Å². The summed E-state index contributed by atoms with van der Waals surface area (Å²) in [6.07, 6.45) is 6.96. The maximum Gasteiger partial charge on any atom is 0.131 e. The molecule has 3 heteroatoms. The van der Waals surface area contributed by atoms with Crippen LogP contribution >= 0.6 is 0 Å². The lowest BCUT2D eigenvalue weighted by atomic mass is 9.73. The fourth-order valence-corrected chi connectivity index (χ4v) is 2.62. The van der Waals surface area contributed by atoms with Crippen LogP contribution in [-0.4, -0.2) is 16.5 Å². The molecule has 1 aromatic heterocycles. The van der Waals surface area contributed by atoms with E-state index in [2.05, 4.69) is 31.1 Å². The largest absolute Gasteiger partial charge is 0.311 e. The molecule has 1 N–H and O–H groups in total. The minimum Gasteiger partial charge on any atom is -0.311 e. The number of nitrogens with zero attached hydrogens (tertiary/aromatic N) is 2. The van der Waals surface area contributed by atoms with Gasteiger partial charge in [-0.1, -0.05) is 20.8 Å². The van der Waals surface area contributed by atoms with Gasteiger partial charge in [-0.25, -0.2) is 9.97 Å². The first-order chi connectivity index (χ1) is 8.61. The van der Waals surface area contributed by atoms with E-state index in [1.807, 2.05) is 12.3 Å². The highest BCUT2D eigenvalue weighted by Crippen LogP contribution is 2.41. The van der Waals surface area contributed by atoms with E-state index in [1.54, 1.807) is 0 Å². The summed E-state index contributed by atoms with van der Waals surface area (Å²) in [7, 11) is 0. The minimum atomic E-state index is 0.512. The molecule has 1 aliphatic rings. The van der Waals surface area contributed by atoms with Crippen LogP contribution in [0.1, 0.15) is 63.9 Å². The van der Waals surface area contributed by atoms with Crippen LogP contribution in [0.15, 0.2) is 12.3 Å². The Morgan fingerprint density at radius 1 is 1.33 bits per heavy atom. The second-order valence-corrected chi connectivity index (χ2v) is 6.12. The highest BCUT2D eigenvalue weighted by atomic mass is 14.9. The third-order valence-corrected chi connectivity index (χ3v) is 3.99. The lowest BCUT2D eigenvalue weighted by Crippen LogP contribution is -2.22. The maximum atomic E-state index is 4.71. The van der Waals surface area contributed by atoms with Gasteiger partial charge in [-0.2, -0.15) is 0 Å². The number of hydrogen-bond acceptors (Lipinski definition) is 3. The lowest BCUT2D eigenvalue weighted by molar-refractivity contribution is 0.220. The van der Waals surface area contributed by atoms with Gasteiger partial charge in [-0.15, -0.1) is 0 Å². The van der Waals surface area contributed by atoms with E-state index < -0.39 is 0 Å². The van der Waals surface area contributed by atoms with Gasteiger partial charge in [0.1, 0.15) is 5.82 Å². The predicted octanol–water partition coefficient (Wildman–Crippen LogP) is 3.27. The van der Waals surface area contributed by atoms with E-state index >= 15 is 0 Å². The van der Waals surface area contributed by atoms with Crippen LogP contribution in [0.5, 0.6) is 0 Å². The molecule has 1 heterocycles. The molecule has 0 radical (unpaired) electrons. The molecule has 2 rings (SSSR count). The number of hydrogen-bond donors (Lipinski definition) is 1. The average Bonchev–Trinajstić information content (AvgIpc) is 2.37. The van der Waals surface area contributed by atoms with Gasteiger partial charge in [-0.3, -0.25) is 0 Å². The fraction of sp³-hybridized carbons (Fsp3) is 0.733. The molecule has 0 unspecified atom stereocenters. The lowest BCUT2D eigenvalue weighted by Gasteiger charge is -2.33. The number of aromatic nitrogens is 2. The molecule has 3 nitrogen and oxygen atoms in total. The third kappa shape index (κ3) is 3.52. The Morgan fingerprint density at radius 2 is 2.06 bits per heavy atom. The summed E-state index contributed by atoms with van der Waals surface area (Å²) in [4.78, 5) is 9.19. The molecule has 1 aromatic rings. The van der Waals surface area contributed by atoms with Crippen molar-refractivity contribution >= 4 is 0 Å². The summed E-state index contributed by atoms with van der Waals surface area (Å²) in [5.41, 5.74) is 1.63. The minimum absolute atomic E-state index is 0.512. The zero-order valence-electron chi connectivity index (χ0n) is 11.9. The van der Waals surface area contributed by atoms with Crippen LogP contribution in [0.4, 0.5) is 0 Å². The van der Waals surface area contributed by atoms with Crippen LogP contribution in [0, 0.1) is 5.41 Å². The highest BCUT2D eigenvalue weighted by molar-refractivity contribution is 5.07. The van der Waals surface area contributed by atoms with Crippen molar-refractivity contribution in [1.82, 2.24) is 15.3 Å². The van der Waals surface area contributed by atoms with Crippen LogP contribution in [0.3, 0.4) is 0 Å². The molecule has 0 amide bonds. The first-order valence-electron chi connectivity index (χ1n) is 7.13. The molecule has 0 saturated heterocycles. The molecule has 0 bridgehead atoms. The maximum absolute atomic E-state index is 4.71. The van der Waals surface area contributed by atoms with Gasteiger partial charge in [-0.05, 0) is 43.7 Å². The molecular weight excluding hydrogens is 222 g/mol. The molecular formula is C15H25N3. The smallest absolute Gasteiger partial charge is 0.131 e. The summed E-state index contributed by atoms with van der Waals surface area (Å²) in [6, 6.07) is 2.01. The van der Waals surface area contributed by atoms with Gasteiger partial charge >= 0.3 is 0 Å². The Morgan fingerprint density at radius 3 is 2.72 bits per heavy atom. The quantitative estimate of drug-likeness (QED) is 0.887. The molecule has 1 aliphatic carbocycles. The molecule has 18 heavy (non-hydrogen) atoms. The van der Waals surface area contributed by atoms with Gasteiger partial charge in [0, 0.05) is 18.7 Å². The van der Waals surface area contributed by atoms with Gasteiger partial charge in [0.05, 0.1) is 5.69 Å². The first-order valence-corrected chi connectivity index (χ1v) is 7.13. The summed E-state index contributed by atoms with van der Waals surface area (Å²) < 4.78 is 0. The molecule has 0 atom stereocenters. The first kappa shape index (κ1) is 13.5. The van der Waals surface area contributed by atoms with Crippen molar-refractivity contribution in [2.45, 2.75) is 58.9 Å². The average molecular weight is 247 g/mol. The second kappa shape index (κ2) is 5.79. The summed E-state index contributed by atoms with van der Waals surface area (Å²) in [5.74, 6) is 1.63. The molecule has 1 saturated carbocycles. The van der Waals surface area contributed by atoms with Crippen molar-refractivity contribution in [3.05, 3.63) is 23.8 Å². The van der Waals surface area contributed by atoms with Gasteiger partial charge in [0.2, 0.25) is 0 Å². The van der Waals surface area contributed by atoms with Gasteiger partial charge in [0.15, 0.2) is 0 Å². The molecule has 0 aliphatic heterocycles. The Kier molecular flexibility index (Phi) is 4.33. The molecule has 0 spiro atoms. The summed E-state index contributed by atoms with van der Waals surface area (Å²) in [5, 5.41) is 3.32. The number of rotatable bonds is 4. The van der Waals surface area contributed by atoms with Crippen molar-refractivity contribution in [3.8, 4) is 0 Å². The fourth-order valence-electron chi connectivity index (χ4n) is 2.62. The van der Waals surface area contributed by atoms with Gasteiger partial charge < -0.3 is 5.32 Å². The monoisotopic (exact) mass is 247 g/mol. The standard InChI is InChI=1S/C15H25N3/c1-4-16-11-13-7-10-17-14(18-13)12-5-8-15(2,3)9-6-12/h7,10,12,16H,4-6,8-9,11H2,1-3H3. The molecule has 100 valence electrons. The highest BCUT2D eigenvalue weighted by Gasteiger charge is 2.28. The zero-order valence-corrected chi connectivity index (χ0v) is 11.9. The van der Waals surface area contributed by atoms with E-state index in [0.717, 1.165) is 24.6 Å². The Bertz CT molecular complexity index is 377. The Balaban J connectivity index is 2.00. The Labute approximate surface area is 110 Å². The van der Waals surface area contributed by atoms with Crippen LogP contribution in [0.2, 0.25) is 0 Å². The van der Waals surface area contributed by atoms with Crippen molar-refractivity contribution in [2.75, 3.05) is 6.54 Å². The topological polar surface area (TPSA) is 37.8 Å². The van der Waals surface area contributed by atoms with Crippen LogP contribution in [-0.2, 0) is 6.54 Å².